The van der Waals surface area contributed by atoms with Crippen molar-refractivity contribution in [3.8, 4) is 6.07 Å². The van der Waals surface area contributed by atoms with Gasteiger partial charge in [0.25, 0.3) is 0 Å². The number of nitriles is 1. The van der Waals surface area contributed by atoms with Gasteiger partial charge in [-0.1, -0.05) is 24.6 Å². The molecule has 1 atom stereocenters. The van der Waals surface area contributed by atoms with Crippen molar-refractivity contribution < 1.29 is 0 Å². The quantitative estimate of drug-likeness (QED) is 0.514. The Hall–Kier alpha value is -1.29. The fourth-order valence-corrected chi connectivity index (χ4v) is 1.14. The van der Waals surface area contributed by atoms with Crippen LogP contribution in [0.4, 0.5) is 0 Å². The molecule has 0 aliphatic heterocycles. The summed E-state index contributed by atoms with van der Waals surface area (Å²) in [6.45, 7) is 4.12. The Balaban J connectivity index is 2.97. The van der Waals surface area contributed by atoms with E-state index in [0.717, 1.165) is 5.57 Å². The standard InChI is InChI=1S/C10H11N/c1-8-3-4-10(7-11)6-9(2)5-8/h3-6,8H,1-2H3. The minimum absolute atomic E-state index is 0.442. The number of allylic oxidation sites excluding steroid dienone is 6. The third-order valence-electron chi connectivity index (χ3n) is 1.62. The maximum atomic E-state index is 8.62. The summed E-state index contributed by atoms with van der Waals surface area (Å²) in [5, 5.41) is 8.62. The molecule has 0 fully saturated rings. The molecule has 1 nitrogen and oxygen atoms in total. The van der Waals surface area contributed by atoms with Gasteiger partial charge in [-0.25, -0.2) is 0 Å². The van der Waals surface area contributed by atoms with Gasteiger partial charge in [-0.05, 0) is 25.0 Å². The minimum Gasteiger partial charge on any atom is -0.192 e. The van der Waals surface area contributed by atoms with Gasteiger partial charge in [0.05, 0.1) is 11.6 Å². The Bertz CT molecular complexity index is 274. The molecule has 0 aromatic carbocycles. The van der Waals surface area contributed by atoms with Crippen LogP contribution < -0.4 is 0 Å². The van der Waals surface area contributed by atoms with Crippen LogP contribution in [0, 0.1) is 17.2 Å². The fourth-order valence-electron chi connectivity index (χ4n) is 1.14. The zero-order chi connectivity index (χ0) is 8.27. The van der Waals surface area contributed by atoms with E-state index < -0.39 is 0 Å². The summed E-state index contributed by atoms with van der Waals surface area (Å²) in [6.07, 6.45) is 7.95. The highest BCUT2D eigenvalue weighted by Gasteiger charge is 1.99. The molecule has 1 rings (SSSR count). The third-order valence-corrected chi connectivity index (χ3v) is 1.62. The lowest BCUT2D eigenvalue weighted by Gasteiger charge is -1.94. The lowest BCUT2D eigenvalue weighted by atomic mass is 10.1. The molecule has 0 saturated carbocycles. The van der Waals surface area contributed by atoms with Crippen molar-refractivity contribution in [2.24, 2.45) is 5.92 Å². The van der Waals surface area contributed by atoms with E-state index in [4.69, 9.17) is 5.26 Å². The molecule has 11 heavy (non-hydrogen) atoms. The smallest absolute Gasteiger partial charge is 0.0991 e. The zero-order valence-corrected chi connectivity index (χ0v) is 6.83. The molecule has 0 spiro atoms. The molecule has 0 radical (unpaired) electrons. The van der Waals surface area contributed by atoms with Gasteiger partial charge >= 0.3 is 0 Å². The van der Waals surface area contributed by atoms with E-state index in [1.54, 1.807) is 0 Å². The molecule has 0 aromatic rings. The number of nitrogens with zero attached hydrogens (tertiary/aromatic N) is 1. The van der Waals surface area contributed by atoms with E-state index in [1.807, 2.05) is 25.2 Å². The number of rotatable bonds is 0. The van der Waals surface area contributed by atoms with Crippen molar-refractivity contribution >= 4 is 0 Å². The van der Waals surface area contributed by atoms with Crippen molar-refractivity contribution in [1.29, 1.82) is 5.26 Å². The van der Waals surface area contributed by atoms with Crippen LogP contribution in [0.1, 0.15) is 13.8 Å². The summed E-state index contributed by atoms with van der Waals surface area (Å²) in [5.41, 5.74) is 1.90. The molecule has 1 unspecified atom stereocenters. The first-order chi connectivity index (χ1) is 5.22. The molecule has 1 aliphatic rings. The molecule has 0 aromatic heterocycles. The second kappa shape index (κ2) is 3.21. The van der Waals surface area contributed by atoms with Gasteiger partial charge in [0.2, 0.25) is 0 Å². The van der Waals surface area contributed by atoms with Crippen LogP contribution in [0.5, 0.6) is 0 Å². The predicted octanol–water partition coefficient (Wildman–Crippen LogP) is 2.59. The fraction of sp³-hybridized carbons (Fsp3) is 0.300. The van der Waals surface area contributed by atoms with Gasteiger partial charge in [0, 0.05) is 0 Å². The number of hydrogen-bond donors (Lipinski definition) is 0. The molecule has 1 heteroatoms. The van der Waals surface area contributed by atoms with Gasteiger partial charge < -0.3 is 0 Å². The lowest BCUT2D eigenvalue weighted by molar-refractivity contribution is 0.933. The largest absolute Gasteiger partial charge is 0.192 e. The minimum atomic E-state index is 0.442. The first-order valence-electron chi connectivity index (χ1n) is 3.71. The maximum absolute atomic E-state index is 8.62. The first-order valence-corrected chi connectivity index (χ1v) is 3.71. The van der Waals surface area contributed by atoms with Crippen molar-refractivity contribution in [2.45, 2.75) is 13.8 Å². The Morgan fingerprint density at radius 3 is 2.91 bits per heavy atom. The summed E-state index contributed by atoms with van der Waals surface area (Å²) >= 11 is 0. The van der Waals surface area contributed by atoms with Crippen molar-refractivity contribution in [3.05, 3.63) is 35.5 Å². The van der Waals surface area contributed by atoms with E-state index in [9.17, 15) is 0 Å². The topological polar surface area (TPSA) is 23.8 Å². The van der Waals surface area contributed by atoms with Crippen LogP contribution in [-0.2, 0) is 0 Å². The maximum Gasteiger partial charge on any atom is 0.0991 e. The predicted molar refractivity (Wildman–Crippen MR) is 45.8 cm³/mol. The van der Waals surface area contributed by atoms with Crippen LogP contribution in [0.2, 0.25) is 0 Å². The summed E-state index contributed by atoms with van der Waals surface area (Å²) in [7, 11) is 0. The van der Waals surface area contributed by atoms with Gasteiger partial charge in [-0.3, -0.25) is 0 Å². The van der Waals surface area contributed by atoms with Crippen LogP contribution >= 0.6 is 0 Å². The summed E-state index contributed by atoms with van der Waals surface area (Å²) in [4.78, 5) is 0. The average molecular weight is 145 g/mol. The summed E-state index contributed by atoms with van der Waals surface area (Å²) < 4.78 is 0. The van der Waals surface area contributed by atoms with Crippen LogP contribution in [0.15, 0.2) is 35.5 Å². The first kappa shape index (κ1) is 7.81. The molecule has 0 N–H and O–H groups in total. The van der Waals surface area contributed by atoms with Gasteiger partial charge in [0.15, 0.2) is 0 Å². The number of hydrogen-bond acceptors (Lipinski definition) is 1. The van der Waals surface area contributed by atoms with Crippen LogP contribution in [-0.4, -0.2) is 0 Å². The van der Waals surface area contributed by atoms with E-state index in [-0.39, 0.29) is 0 Å². The highest BCUT2D eigenvalue weighted by Crippen LogP contribution is 2.13. The normalized spacial score (nSPS) is 23.2. The molecule has 0 heterocycles. The average Bonchev–Trinajstić information content (AvgIpc) is 2.11. The Kier molecular flexibility index (Phi) is 2.28. The summed E-state index contributed by atoms with van der Waals surface area (Å²) in [5.74, 6) is 0.442. The molecule has 0 saturated heterocycles. The second-order valence-electron chi connectivity index (χ2n) is 2.84. The highest BCUT2D eigenvalue weighted by molar-refractivity contribution is 5.41. The van der Waals surface area contributed by atoms with E-state index in [1.165, 1.54) is 5.57 Å². The Morgan fingerprint density at radius 1 is 1.55 bits per heavy atom. The molecule has 56 valence electrons. The van der Waals surface area contributed by atoms with Gasteiger partial charge in [-0.2, -0.15) is 5.26 Å². The van der Waals surface area contributed by atoms with Crippen LogP contribution in [0.25, 0.3) is 0 Å². The van der Waals surface area contributed by atoms with Crippen LogP contribution in [0.3, 0.4) is 0 Å². The molecule has 1 aliphatic carbocycles. The lowest BCUT2D eigenvalue weighted by Crippen LogP contribution is -1.80. The monoisotopic (exact) mass is 145 g/mol. The Labute approximate surface area is 67.3 Å². The van der Waals surface area contributed by atoms with Gasteiger partial charge in [-0.15, -0.1) is 0 Å². The van der Waals surface area contributed by atoms with Crippen molar-refractivity contribution in [3.63, 3.8) is 0 Å². The van der Waals surface area contributed by atoms with Gasteiger partial charge in [0.1, 0.15) is 0 Å². The van der Waals surface area contributed by atoms with E-state index in [2.05, 4.69) is 19.1 Å². The van der Waals surface area contributed by atoms with E-state index >= 15 is 0 Å². The summed E-state index contributed by atoms with van der Waals surface area (Å²) in [6, 6.07) is 2.13. The SMILES string of the molecule is CC1=CC(C)C=CC(C#N)=C1. The highest BCUT2D eigenvalue weighted by atomic mass is 14.2. The molecule has 0 bridgehead atoms. The van der Waals surface area contributed by atoms with Crippen molar-refractivity contribution in [1.82, 2.24) is 0 Å². The zero-order valence-electron chi connectivity index (χ0n) is 6.83. The molecular formula is C10H11N. The second-order valence-corrected chi connectivity index (χ2v) is 2.84. The third kappa shape index (κ3) is 2.09. The Morgan fingerprint density at radius 2 is 2.27 bits per heavy atom. The molecule has 0 amide bonds. The molecular weight excluding hydrogens is 134 g/mol. The van der Waals surface area contributed by atoms with E-state index in [0.29, 0.717) is 5.92 Å². The van der Waals surface area contributed by atoms with Crippen molar-refractivity contribution in [2.75, 3.05) is 0 Å².